The molecule has 2 aromatic rings. The molecule has 4 amide bonds. The summed E-state index contributed by atoms with van der Waals surface area (Å²) in [7, 11) is 0. The highest BCUT2D eigenvalue weighted by Gasteiger charge is 2.54. The fourth-order valence-electron chi connectivity index (χ4n) is 4.06. The van der Waals surface area contributed by atoms with Crippen molar-refractivity contribution in [1.82, 2.24) is 10.2 Å². The number of hydrogen-bond acceptors (Lipinski definition) is 3. The van der Waals surface area contributed by atoms with Crippen LogP contribution in [0.15, 0.2) is 46.9 Å². The molecular formula is C21H20BrN3O3. The van der Waals surface area contributed by atoms with Crippen LogP contribution in [0.25, 0.3) is 0 Å². The maximum atomic E-state index is 13.2. The molecule has 28 heavy (non-hydrogen) atoms. The van der Waals surface area contributed by atoms with Crippen molar-refractivity contribution in [2.45, 2.75) is 31.7 Å². The lowest BCUT2D eigenvalue weighted by Crippen LogP contribution is -2.47. The molecule has 1 atom stereocenters. The van der Waals surface area contributed by atoms with E-state index in [0.717, 1.165) is 38.9 Å². The van der Waals surface area contributed by atoms with Crippen LogP contribution in [0.5, 0.6) is 0 Å². The number of urea groups is 1. The number of carbonyl (C=O) groups is 3. The van der Waals surface area contributed by atoms with Crippen molar-refractivity contribution in [2.24, 2.45) is 0 Å². The smallest absolute Gasteiger partial charge is 0.324 e. The Hall–Kier alpha value is -2.67. The molecule has 2 aromatic carbocycles. The number of aryl methyl sites for hydroxylation is 2. The van der Waals surface area contributed by atoms with Gasteiger partial charge in [0.15, 0.2) is 0 Å². The Bertz CT molecular complexity index is 991. The van der Waals surface area contributed by atoms with Gasteiger partial charge in [0.05, 0.1) is 0 Å². The minimum atomic E-state index is -1.06. The Labute approximate surface area is 171 Å². The summed E-state index contributed by atoms with van der Waals surface area (Å²) in [6.45, 7) is 1.56. The molecule has 6 nitrogen and oxygen atoms in total. The predicted molar refractivity (Wildman–Crippen MR) is 109 cm³/mol. The van der Waals surface area contributed by atoms with Gasteiger partial charge in [-0.1, -0.05) is 40.2 Å². The Balaban J connectivity index is 1.55. The molecule has 144 valence electrons. The third-order valence-electron chi connectivity index (χ3n) is 5.42. The number of halogens is 1. The lowest BCUT2D eigenvalue weighted by Gasteiger charge is -2.33. The Kier molecular flexibility index (Phi) is 4.71. The molecule has 1 aliphatic heterocycles. The van der Waals surface area contributed by atoms with E-state index in [1.54, 1.807) is 6.07 Å². The van der Waals surface area contributed by atoms with E-state index in [1.807, 2.05) is 43.3 Å². The molecule has 1 unspecified atom stereocenters. The summed E-state index contributed by atoms with van der Waals surface area (Å²) in [6, 6.07) is 12.7. The average Bonchev–Trinajstić information content (AvgIpc) is 2.89. The first-order valence-electron chi connectivity index (χ1n) is 9.19. The number of nitrogens with zero attached hydrogens (tertiary/aromatic N) is 1. The van der Waals surface area contributed by atoms with Crippen LogP contribution in [0.1, 0.15) is 29.5 Å². The van der Waals surface area contributed by atoms with Crippen LogP contribution in [0.4, 0.5) is 10.5 Å². The van der Waals surface area contributed by atoms with Crippen molar-refractivity contribution in [3.63, 3.8) is 0 Å². The van der Waals surface area contributed by atoms with Crippen LogP contribution in [0.3, 0.4) is 0 Å². The quantitative estimate of drug-likeness (QED) is 0.715. The molecule has 0 radical (unpaired) electrons. The number of nitrogens with one attached hydrogen (secondary N) is 2. The summed E-state index contributed by atoms with van der Waals surface area (Å²) < 4.78 is 0.912. The topological polar surface area (TPSA) is 78.5 Å². The van der Waals surface area contributed by atoms with Gasteiger partial charge in [-0.3, -0.25) is 14.5 Å². The third-order valence-corrected chi connectivity index (χ3v) is 5.91. The summed E-state index contributed by atoms with van der Waals surface area (Å²) in [4.78, 5) is 39.3. The van der Waals surface area contributed by atoms with Gasteiger partial charge < -0.3 is 10.6 Å². The molecule has 1 aliphatic carbocycles. The van der Waals surface area contributed by atoms with E-state index in [0.29, 0.717) is 12.1 Å². The zero-order valence-corrected chi connectivity index (χ0v) is 17.0. The van der Waals surface area contributed by atoms with Crippen LogP contribution in [0.2, 0.25) is 0 Å². The largest absolute Gasteiger partial charge is 0.325 e. The fraction of sp³-hybridized carbons (Fsp3) is 0.286. The number of benzene rings is 2. The molecule has 0 saturated carbocycles. The Morgan fingerprint density at radius 3 is 2.82 bits per heavy atom. The zero-order chi connectivity index (χ0) is 19.9. The van der Waals surface area contributed by atoms with Gasteiger partial charge in [0.2, 0.25) is 5.91 Å². The van der Waals surface area contributed by atoms with E-state index in [2.05, 4.69) is 26.6 Å². The van der Waals surface area contributed by atoms with E-state index in [-0.39, 0.29) is 12.5 Å². The predicted octanol–water partition coefficient (Wildman–Crippen LogP) is 3.48. The van der Waals surface area contributed by atoms with Gasteiger partial charge in [-0.05, 0) is 61.1 Å². The lowest BCUT2D eigenvalue weighted by atomic mass is 9.76. The second kappa shape index (κ2) is 7.05. The van der Waals surface area contributed by atoms with Crippen LogP contribution < -0.4 is 10.6 Å². The minimum absolute atomic E-state index is 0.315. The number of hydrogen-bond donors (Lipinski definition) is 2. The normalized spacial score (nSPS) is 20.9. The van der Waals surface area contributed by atoms with Crippen LogP contribution in [-0.4, -0.2) is 29.3 Å². The first kappa shape index (κ1) is 18.7. The van der Waals surface area contributed by atoms with E-state index in [9.17, 15) is 14.4 Å². The third kappa shape index (κ3) is 3.09. The average molecular weight is 442 g/mol. The van der Waals surface area contributed by atoms with E-state index < -0.39 is 17.5 Å². The molecule has 1 heterocycles. The molecule has 1 fully saturated rings. The van der Waals surface area contributed by atoms with Gasteiger partial charge in [-0.25, -0.2) is 4.79 Å². The van der Waals surface area contributed by atoms with E-state index >= 15 is 0 Å². The van der Waals surface area contributed by atoms with Crippen molar-refractivity contribution in [3.05, 3.63) is 63.6 Å². The SMILES string of the molecule is Cc1cc(Br)ccc1NC(=O)CN1C(=O)NC2(CCCc3ccccc32)C1=O. The molecule has 1 spiro atoms. The summed E-state index contributed by atoms with van der Waals surface area (Å²) in [5, 5.41) is 5.65. The summed E-state index contributed by atoms with van der Waals surface area (Å²) in [5.74, 6) is -0.762. The summed E-state index contributed by atoms with van der Waals surface area (Å²) >= 11 is 3.38. The van der Waals surface area contributed by atoms with Crippen molar-refractivity contribution in [2.75, 3.05) is 11.9 Å². The lowest BCUT2D eigenvalue weighted by molar-refractivity contribution is -0.134. The number of rotatable bonds is 3. The monoisotopic (exact) mass is 441 g/mol. The van der Waals surface area contributed by atoms with Gasteiger partial charge in [-0.2, -0.15) is 0 Å². The fourth-order valence-corrected chi connectivity index (χ4v) is 4.53. The van der Waals surface area contributed by atoms with E-state index in [4.69, 9.17) is 0 Å². The molecule has 2 aliphatic rings. The highest BCUT2D eigenvalue weighted by molar-refractivity contribution is 9.10. The molecule has 7 heteroatoms. The van der Waals surface area contributed by atoms with Crippen LogP contribution in [-0.2, 0) is 21.5 Å². The number of carbonyl (C=O) groups excluding carboxylic acids is 3. The summed E-state index contributed by atoms with van der Waals surface area (Å²) in [6.07, 6.45) is 2.23. The molecular weight excluding hydrogens is 422 g/mol. The number of fused-ring (bicyclic) bond motifs is 2. The van der Waals surface area contributed by atoms with Gasteiger partial charge in [-0.15, -0.1) is 0 Å². The molecule has 1 saturated heterocycles. The molecule has 4 rings (SSSR count). The maximum Gasteiger partial charge on any atom is 0.325 e. The van der Waals surface area contributed by atoms with Crippen LogP contribution in [0, 0.1) is 6.92 Å². The van der Waals surface area contributed by atoms with Gasteiger partial charge in [0.25, 0.3) is 5.91 Å². The Morgan fingerprint density at radius 2 is 2.04 bits per heavy atom. The summed E-state index contributed by atoms with van der Waals surface area (Å²) in [5.41, 5.74) is 2.39. The first-order chi connectivity index (χ1) is 13.4. The highest BCUT2D eigenvalue weighted by Crippen LogP contribution is 2.39. The van der Waals surface area contributed by atoms with Gasteiger partial charge in [0, 0.05) is 10.2 Å². The van der Waals surface area contributed by atoms with E-state index in [1.165, 1.54) is 0 Å². The van der Waals surface area contributed by atoms with Gasteiger partial charge in [0.1, 0.15) is 12.1 Å². The second-order valence-corrected chi connectivity index (χ2v) is 8.16. The molecule has 0 aromatic heterocycles. The highest BCUT2D eigenvalue weighted by atomic mass is 79.9. The van der Waals surface area contributed by atoms with Crippen molar-refractivity contribution >= 4 is 39.5 Å². The first-order valence-corrected chi connectivity index (χ1v) is 9.98. The second-order valence-electron chi connectivity index (χ2n) is 7.24. The number of anilines is 1. The maximum absolute atomic E-state index is 13.2. The molecule has 2 N–H and O–H groups in total. The van der Waals surface area contributed by atoms with Gasteiger partial charge >= 0.3 is 6.03 Å². The van der Waals surface area contributed by atoms with Crippen molar-refractivity contribution in [1.29, 1.82) is 0 Å². The zero-order valence-electron chi connectivity index (χ0n) is 15.4. The standard InChI is InChI=1S/C21H20BrN3O3/c1-13-11-15(22)8-9-17(13)23-18(26)12-25-19(27)21(24-20(25)28)10-4-6-14-5-2-3-7-16(14)21/h2-3,5,7-9,11H,4,6,10,12H2,1H3,(H,23,26)(H,24,28). The van der Waals surface area contributed by atoms with Crippen molar-refractivity contribution in [3.8, 4) is 0 Å². The Morgan fingerprint density at radius 1 is 1.25 bits per heavy atom. The number of imide groups is 1. The van der Waals surface area contributed by atoms with Crippen molar-refractivity contribution < 1.29 is 14.4 Å². The van der Waals surface area contributed by atoms with Crippen LogP contribution >= 0.6 is 15.9 Å². The minimum Gasteiger partial charge on any atom is -0.324 e. The molecule has 0 bridgehead atoms. The number of amides is 4.